The molecule has 0 unspecified atom stereocenters. The predicted molar refractivity (Wildman–Crippen MR) is 90.5 cm³/mol. The molecule has 0 N–H and O–H groups in total. The van der Waals surface area contributed by atoms with Gasteiger partial charge < -0.3 is 14.5 Å². The van der Waals surface area contributed by atoms with Crippen LogP contribution in [0.4, 0.5) is 4.79 Å². The highest BCUT2D eigenvalue weighted by Gasteiger charge is 2.54. The van der Waals surface area contributed by atoms with Gasteiger partial charge in [-0.3, -0.25) is 9.59 Å². The minimum absolute atomic E-state index is 0.0162. The fraction of sp³-hybridized carbons (Fsp3) is 0.833. The first-order chi connectivity index (χ1) is 11.0. The highest BCUT2D eigenvalue weighted by Crippen LogP contribution is 2.42. The van der Waals surface area contributed by atoms with Crippen LogP contribution in [-0.2, 0) is 14.3 Å². The van der Waals surface area contributed by atoms with Crippen LogP contribution in [0.5, 0.6) is 0 Å². The molecule has 0 bridgehead atoms. The predicted octanol–water partition coefficient (Wildman–Crippen LogP) is 2.46. The summed E-state index contributed by atoms with van der Waals surface area (Å²) in [6.07, 6.45) is 0.976. The van der Waals surface area contributed by atoms with Crippen LogP contribution in [0, 0.1) is 11.3 Å². The topological polar surface area (TPSA) is 66.9 Å². The lowest BCUT2D eigenvalue weighted by atomic mass is 9.85. The van der Waals surface area contributed by atoms with Crippen molar-refractivity contribution in [3.63, 3.8) is 0 Å². The van der Waals surface area contributed by atoms with Crippen LogP contribution in [0.2, 0.25) is 0 Å². The van der Waals surface area contributed by atoms with Gasteiger partial charge in [-0.15, -0.1) is 0 Å². The molecule has 2 fully saturated rings. The monoisotopic (exact) mass is 338 g/mol. The van der Waals surface area contributed by atoms with Crippen molar-refractivity contribution < 1.29 is 19.1 Å². The van der Waals surface area contributed by atoms with Gasteiger partial charge in [0.1, 0.15) is 5.60 Å². The quantitative estimate of drug-likeness (QED) is 0.793. The van der Waals surface area contributed by atoms with Gasteiger partial charge in [0, 0.05) is 19.6 Å². The first-order valence-corrected chi connectivity index (χ1v) is 8.76. The lowest BCUT2D eigenvalue weighted by molar-refractivity contribution is -0.142. The number of amides is 2. The average molecular weight is 338 g/mol. The zero-order valence-electron chi connectivity index (χ0n) is 15.7. The number of ketones is 1. The Morgan fingerprint density at radius 3 is 2.25 bits per heavy atom. The molecular formula is C18H30N2O4. The maximum atomic E-state index is 13.0. The summed E-state index contributed by atoms with van der Waals surface area (Å²) in [5.74, 6) is 0.129. The van der Waals surface area contributed by atoms with Crippen molar-refractivity contribution in [3.8, 4) is 0 Å². The zero-order valence-corrected chi connectivity index (χ0v) is 15.7. The first-order valence-electron chi connectivity index (χ1n) is 8.76. The lowest BCUT2D eigenvalue weighted by Crippen LogP contribution is -2.48. The van der Waals surface area contributed by atoms with Gasteiger partial charge in [0.25, 0.3) is 0 Å². The Hall–Kier alpha value is -1.59. The van der Waals surface area contributed by atoms with Crippen molar-refractivity contribution in [2.24, 2.45) is 11.3 Å². The normalized spacial score (nSPS) is 25.7. The van der Waals surface area contributed by atoms with Crippen LogP contribution in [0.25, 0.3) is 0 Å². The molecule has 2 saturated heterocycles. The van der Waals surface area contributed by atoms with E-state index in [-0.39, 0.29) is 29.7 Å². The maximum absolute atomic E-state index is 13.0. The fourth-order valence-corrected chi connectivity index (χ4v) is 3.90. The van der Waals surface area contributed by atoms with Crippen molar-refractivity contribution in [1.29, 1.82) is 0 Å². The van der Waals surface area contributed by atoms with E-state index in [2.05, 4.69) is 0 Å². The molecule has 1 spiro atoms. The Morgan fingerprint density at radius 2 is 1.75 bits per heavy atom. The highest BCUT2D eigenvalue weighted by atomic mass is 16.6. The Kier molecular flexibility index (Phi) is 4.98. The van der Waals surface area contributed by atoms with E-state index in [1.807, 2.05) is 34.6 Å². The Labute approximate surface area is 144 Å². The molecule has 0 aliphatic carbocycles. The van der Waals surface area contributed by atoms with Gasteiger partial charge in [-0.05, 0) is 46.5 Å². The summed E-state index contributed by atoms with van der Waals surface area (Å²) in [5.41, 5.74) is -1.09. The van der Waals surface area contributed by atoms with Crippen molar-refractivity contribution >= 4 is 17.8 Å². The van der Waals surface area contributed by atoms with Crippen molar-refractivity contribution in [1.82, 2.24) is 9.80 Å². The maximum Gasteiger partial charge on any atom is 0.410 e. The van der Waals surface area contributed by atoms with Gasteiger partial charge in [-0.25, -0.2) is 4.79 Å². The molecule has 0 aromatic carbocycles. The second kappa shape index (κ2) is 6.37. The van der Waals surface area contributed by atoms with Crippen LogP contribution in [0.3, 0.4) is 0 Å². The molecule has 2 amide bonds. The summed E-state index contributed by atoms with van der Waals surface area (Å²) in [6, 6.07) is -0.368. The summed E-state index contributed by atoms with van der Waals surface area (Å²) in [4.78, 5) is 40.6. The van der Waals surface area contributed by atoms with Crippen LogP contribution in [0.1, 0.15) is 54.4 Å². The number of nitrogens with zero attached hydrogens (tertiary/aromatic N) is 2. The van der Waals surface area contributed by atoms with Gasteiger partial charge in [0.05, 0.1) is 11.5 Å². The number of hydrogen-bond donors (Lipinski definition) is 0. The van der Waals surface area contributed by atoms with E-state index in [0.29, 0.717) is 32.5 Å². The second-order valence-corrected chi connectivity index (χ2v) is 8.48. The first kappa shape index (κ1) is 18.7. The van der Waals surface area contributed by atoms with E-state index in [0.717, 1.165) is 0 Å². The SMILES string of the molecule is CC(=O)[C@H](C(C)C)N1CC[C@]2(CCN(C(=O)OC(C)(C)C)C2)C1=O. The Morgan fingerprint density at radius 1 is 1.17 bits per heavy atom. The van der Waals surface area contributed by atoms with E-state index in [1.54, 1.807) is 16.7 Å². The van der Waals surface area contributed by atoms with E-state index in [1.165, 1.54) is 0 Å². The van der Waals surface area contributed by atoms with E-state index in [4.69, 9.17) is 4.74 Å². The molecule has 0 aromatic rings. The van der Waals surface area contributed by atoms with Crippen molar-refractivity contribution in [2.45, 2.75) is 66.0 Å². The molecular weight excluding hydrogens is 308 g/mol. The van der Waals surface area contributed by atoms with Crippen LogP contribution < -0.4 is 0 Å². The summed E-state index contributed by atoms with van der Waals surface area (Å²) in [5, 5.41) is 0. The number of Topliss-reactive ketones (excluding diaryl/α,β-unsaturated/α-hetero) is 1. The van der Waals surface area contributed by atoms with Gasteiger partial charge in [0.15, 0.2) is 5.78 Å². The van der Waals surface area contributed by atoms with Crippen LogP contribution in [0.15, 0.2) is 0 Å². The fourth-order valence-electron chi connectivity index (χ4n) is 3.90. The summed E-state index contributed by atoms with van der Waals surface area (Å²) in [7, 11) is 0. The molecule has 2 aliphatic heterocycles. The smallest absolute Gasteiger partial charge is 0.410 e. The van der Waals surface area contributed by atoms with Crippen LogP contribution in [-0.4, -0.2) is 58.9 Å². The largest absolute Gasteiger partial charge is 0.444 e. The molecule has 24 heavy (non-hydrogen) atoms. The third-order valence-electron chi connectivity index (χ3n) is 4.94. The number of rotatable bonds is 3. The van der Waals surface area contributed by atoms with Gasteiger partial charge in [0.2, 0.25) is 5.91 Å². The summed E-state index contributed by atoms with van der Waals surface area (Å²) >= 11 is 0. The number of ether oxygens (including phenoxy) is 1. The number of hydrogen-bond acceptors (Lipinski definition) is 4. The molecule has 2 rings (SSSR count). The average Bonchev–Trinajstić information content (AvgIpc) is 2.97. The molecule has 0 radical (unpaired) electrons. The van der Waals surface area contributed by atoms with Crippen molar-refractivity contribution in [2.75, 3.05) is 19.6 Å². The Bertz CT molecular complexity index is 538. The molecule has 0 aromatic heterocycles. The Balaban J connectivity index is 2.10. The summed E-state index contributed by atoms with van der Waals surface area (Å²) < 4.78 is 5.42. The standard InChI is InChI=1S/C18H30N2O4/c1-12(2)14(13(3)21)20-10-8-18(15(20)22)7-9-19(11-18)16(23)24-17(4,5)6/h12,14H,7-11H2,1-6H3/t14-,18-/m0/s1. The number of likely N-dealkylation sites (tertiary alicyclic amines) is 2. The second-order valence-electron chi connectivity index (χ2n) is 8.48. The molecule has 6 heteroatoms. The van der Waals surface area contributed by atoms with Gasteiger partial charge in [-0.1, -0.05) is 13.8 Å². The van der Waals surface area contributed by atoms with Crippen LogP contribution >= 0.6 is 0 Å². The minimum Gasteiger partial charge on any atom is -0.444 e. The minimum atomic E-state index is -0.546. The van der Waals surface area contributed by atoms with Crippen molar-refractivity contribution in [3.05, 3.63) is 0 Å². The third kappa shape index (κ3) is 3.57. The van der Waals surface area contributed by atoms with Gasteiger partial charge in [-0.2, -0.15) is 0 Å². The summed E-state index contributed by atoms with van der Waals surface area (Å²) in [6.45, 7) is 12.5. The lowest BCUT2D eigenvalue weighted by Gasteiger charge is -2.31. The van der Waals surface area contributed by atoms with E-state index < -0.39 is 11.0 Å². The van der Waals surface area contributed by atoms with E-state index >= 15 is 0 Å². The number of carbonyl (C=O) groups is 3. The zero-order chi connectivity index (χ0) is 18.3. The molecule has 2 aliphatic rings. The third-order valence-corrected chi connectivity index (χ3v) is 4.94. The highest BCUT2D eigenvalue weighted by molar-refractivity contribution is 5.92. The molecule has 0 saturated carbocycles. The molecule has 2 atom stereocenters. The molecule has 136 valence electrons. The molecule has 2 heterocycles. The van der Waals surface area contributed by atoms with Gasteiger partial charge >= 0.3 is 6.09 Å². The molecule has 6 nitrogen and oxygen atoms in total. The van der Waals surface area contributed by atoms with E-state index in [9.17, 15) is 14.4 Å². The number of carbonyl (C=O) groups excluding carboxylic acids is 3.